The Kier molecular flexibility index (Phi) is 2.16. The second-order valence-electron chi connectivity index (χ2n) is 3.50. The first-order valence-electron chi connectivity index (χ1n) is 4.36. The highest BCUT2D eigenvalue weighted by molar-refractivity contribution is 9.10. The van der Waals surface area contributed by atoms with Crippen molar-refractivity contribution in [2.75, 3.05) is 0 Å². The second kappa shape index (κ2) is 3.18. The van der Waals surface area contributed by atoms with E-state index in [1.807, 2.05) is 6.07 Å². The van der Waals surface area contributed by atoms with Gasteiger partial charge in [0.2, 0.25) is 0 Å². The molecule has 0 saturated carbocycles. The second-order valence-corrected chi connectivity index (χ2v) is 4.28. The highest BCUT2D eigenvalue weighted by atomic mass is 79.9. The Morgan fingerprint density at radius 2 is 2.00 bits per heavy atom. The maximum atomic E-state index is 5.48. The molecule has 2 heteroatoms. The molecule has 0 atom stereocenters. The Hall–Kier alpha value is -0.760. The van der Waals surface area contributed by atoms with E-state index in [4.69, 9.17) is 4.42 Å². The van der Waals surface area contributed by atoms with E-state index in [2.05, 4.69) is 48.0 Å². The van der Waals surface area contributed by atoms with Crippen LogP contribution in [0.5, 0.6) is 0 Å². The molecule has 0 aliphatic rings. The molecular formula is C11H11BrO. The van der Waals surface area contributed by atoms with Gasteiger partial charge < -0.3 is 4.42 Å². The van der Waals surface area contributed by atoms with Crippen LogP contribution in [0.2, 0.25) is 0 Å². The summed E-state index contributed by atoms with van der Waals surface area (Å²) in [5.41, 5.74) is 2.27. The molecule has 0 amide bonds. The highest BCUT2D eigenvalue weighted by Gasteiger charge is 2.04. The van der Waals surface area contributed by atoms with E-state index in [-0.39, 0.29) is 0 Å². The van der Waals surface area contributed by atoms with Crippen molar-refractivity contribution in [1.82, 2.24) is 0 Å². The van der Waals surface area contributed by atoms with Crippen LogP contribution in [0.15, 0.2) is 33.4 Å². The van der Waals surface area contributed by atoms with Crippen molar-refractivity contribution in [2.24, 2.45) is 0 Å². The summed E-state index contributed by atoms with van der Waals surface area (Å²) in [4.78, 5) is 0. The Bertz CT molecular complexity index is 429. The molecule has 1 heterocycles. The average molecular weight is 239 g/mol. The van der Waals surface area contributed by atoms with Crippen LogP contribution in [-0.2, 0) is 0 Å². The molecule has 0 fully saturated rings. The van der Waals surface area contributed by atoms with Crippen LogP contribution in [0.1, 0.15) is 25.3 Å². The van der Waals surface area contributed by atoms with Crippen molar-refractivity contribution < 1.29 is 4.42 Å². The Balaban J connectivity index is 2.61. The molecule has 2 rings (SSSR count). The first-order valence-corrected chi connectivity index (χ1v) is 5.15. The van der Waals surface area contributed by atoms with Crippen molar-refractivity contribution >= 4 is 26.9 Å². The summed E-state index contributed by atoms with van der Waals surface area (Å²) in [6.45, 7) is 4.36. The van der Waals surface area contributed by atoms with Crippen molar-refractivity contribution in [1.29, 1.82) is 0 Å². The van der Waals surface area contributed by atoms with Gasteiger partial charge in [-0.1, -0.05) is 26.0 Å². The number of hydrogen-bond acceptors (Lipinski definition) is 1. The van der Waals surface area contributed by atoms with E-state index in [9.17, 15) is 0 Å². The number of hydrogen-bond donors (Lipinski definition) is 0. The molecule has 0 unspecified atom stereocenters. The zero-order valence-electron chi connectivity index (χ0n) is 7.67. The standard InChI is InChI=1S/C11H11BrO/c1-7(2)8-3-4-9-6-11(12)13-10(9)5-8/h3-7H,1-2H3. The third kappa shape index (κ3) is 1.63. The summed E-state index contributed by atoms with van der Waals surface area (Å²) < 4.78 is 6.27. The Morgan fingerprint density at radius 3 is 2.69 bits per heavy atom. The fraction of sp³-hybridized carbons (Fsp3) is 0.273. The number of benzene rings is 1. The van der Waals surface area contributed by atoms with Crippen molar-refractivity contribution in [3.8, 4) is 0 Å². The van der Waals surface area contributed by atoms with E-state index in [0.29, 0.717) is 5.92 Å². The quantitative estimate of drug-likeness (QED) is 0.722. The maximum Gasteiger partial charge on any atom is 0.170 e. The van der Waals surface area contributed by atoms with E-state index in [0.717, 1.165) is 15.6 Å². The highest BCUT2D eigenvalue weighted by Crippen LogP contribution is 2.26. The van der Waals surface area contributed by atoms with Gasteiger partial charge in [-0.15, -0.1) is 0 Å². The number of rotatable bonds is 1. The molecular weight excluding hydrogens is 228 g/mol. The van der Waals surface area contributed by atoms with Gasteiger partial charge in [0.25, 0.3) is 0 Å². The van der Waals surface area contributed by atoms with Crippen LogP contribution < -0.4 is 0 Å². The molecule has 0 aliphatic heterocycles. The van der Waals surface area contributed by atoms with Crippen LogP contribution in [-0.4, -0.2) is 0 Å². The summed E-state index contributed by atoms with van der Waals surface area (Å²) >= 11 is 3.32. The van der Waals surface area contributed by atoms with Gasteiger partial charge in [-0.25, -0.2) is 0 Å². The topological polar surface area (TPSA) is 13.1 Å². The Morgan fingerprint density at radius 1 is 1.23 bits per heavy atom. The van der Waals surface area contributed by atoms with Gasteiger partial charge in [0.15, 0.2) is 4.67 Å². The molecule has 0 radical (unpaired) electrons. The minimum absolute atomic E-state index is 0.549. The van der Waals surface area contributed by atoms with Gasteiger partial charge >= 0.3 is 0 Å². The molecule has 1 aromatic heterocycles. The van der Waals surface area contributed by atoms with Gasteiger partial charge in [0.1, 0.15) is 5.58 Å². The predicted molar refractivity (Wildman–Crippen MR) is 58.0 cm³/mol. The third-order valence-corrected chi connectivity index (χ3v) is 2.57. The van der Waals surface area contributed by atoms with Crippen LogP contribution >= 0.6 is 15.9 Å². The molecule has 0 bridgehead atoms. The van der Waals surface area contributed by atoms with Gasteiger partial charge in [-0.2, -0.15) is 0 Å². The smallest absolute Gasteiger partial charge is 0.170 e. The molecule has 1 nitrogen and oxygen atoms in total. The number of halogens is 1. The van der Waals surface area contributed by atoms with Crippen molar-refractivity contribution in [3.63, 3.8) is 0 Å². The zero-order valence-corrected chi connectivity index (χ0v) is 9.26. The summed E-state index contributed by atoms with van der Waals surface area (Å²) in [6, 6.07) is 8.33. The molecule has 2 aromatic rings. The molecule has 13 heavy (non-hydrogen) atoms. The molecule has 0 saturated heterocycles. The first-order chi connectivity index (χ1) is 6.16. The van der Waals surface area contributed by atoms with Crippen LogP contribution in [0.4, 0.5) is 0 Å². The monoisotopic (exact) mass is 238 g/mol. The fourth-order valence-electron chi connectivity index (χ4n) is 1.37. The number of furan rings is 1. The first kappa shape index (κ1) is 8.82. The van der Waals surface area contributed by atoms with Crippen molar-refractivity contribution in [2.45, 2.75) is 19.8 Å². The minimum Gasteiger partial charge on any atom is -0.449 e. The Labute approximate surface area is 85.9 Å². The number of fused-ring (bicyclic) bond motifs is 1. The van der Waals surface area contributed by atoms with E-state index < -0.39 is 0 Å². The van der Waals surface area contributed by atoms with E-state index in [1.54, 1.807) is 0 Å². The summed E-state index contributed by atoms with van der Waals surface area (Å²) in [6.07, 6.45) is 0. The normalized spacial score (nSPS) is 11.4. The SMILES string of the molecule is CC(C)c1ccc2cc(Br)oc2c1. The zero-order chi connectivity index (χ0) is 9.42. The van der Waals surface area contributed by atoms with Gasteiger partial charge in [0, 0.05) is 5.39 Å². The lowest BCUT2D eigenvalue weighted by atomic mass is 10.0. The molecule has 1 aromatic carbocycles. The summed E-state index contributed by atoms with van der Waals surface area (Å²) in [5.74, 6) is 0.549. The van der Waals surface area contributed by atoms with Crippen LogP contribution in [0.3, 0.4) is 0 Å². The fourth-order valence-corrected chi connectivity index (χ4v) is 1.80. The van der Waals surface area contributed by atoms with Crippen LogP contribution in [0, 0.1) is 0 Å². The van der Waals surface area contributed by atoms with Gasteiger partial charge in [0.05, 0.1) is 0 Å². The van der Waals surface area contributed by atoms with Crippen LogP contribution in [0.25, 0.3) is 11.0 Å². The predicted octanol–water partition coefficient (Wildman–Crippen LogP) is 4.32. The molecule has 0 aliphatic carbocycles. The van der Waals surface area contributed by atoms with E-state index in [1.165, 1.54) is 5.56 Å². The minimum atomic E-state index is 0.549. The maximum absolute atomic E-state index is 5.48. The van der Waals surface area contributed by atoms with Crippen molar-refractivity contribution in [3.05, 3.63) is 34.5 Å². The summed E-state index contributed by atoms with van der Waals surface area (Å²) in [5, 5.41) is 1.15. The lowest BCUT2D eigenvalue weighted by molar-refractivity contribution is 0.586. The third-order valence-electron chi connectivity index (χ3n) is 2.18. The lowest BCUT2D eigenvalue weighted by Crippen LogP contribution is -1.84. The largest absolute Gasteiger partial charge is 0.449 e. The average Bonchev–Trinajstić information content (AvgIpc) is 2.42. The molecule has 68 valence electrons. The van der Waals surface area contributed by atoms with E-state index >= 15 is 0 Å². The lowest BCUT2D eigenvalue weighted by Gasteiger charge is -2.03. The van der Waals surface area contributed by atoms with Gasteiger partial charge in [-0.3, -0.25) is 0 Å². The van der Waals surface area contributed by atoms with Gasteiger partial charge in [-0.05, 0) is 39.5 Å². The summed E-state index contributed by atoms with van der Waals surface area (Å²) in [7, 11) is 0. The molecule has 0 N–H and O–H groups in total. The molecule has 0 spiro atoms.